The smallest absolute Gasteiger partial charge is 0.0984 e. The SMILES string of the molecule is COCCOC1CC(N)C1OC. The molecule has 1 aliphatic carbocycles. The van der Waals surface area contributed by atoms with Crippen LogP contribution in [-0.4, -0.2) is 45.7 Å². The van der Waals surface area contributed by atoms with Gasteiger partial charge >= 0.3 is 0 Å². The lowest BCUT2D eigenvalue weighted by molar-refractivity contribution is -0.131. The molecule has 0 radical (unpaired) electrons. The van der Waals surface area contributed by atoms with E-state index in [0.29, 0.717) is 13.2 Å². The van der Waals surface area contributed by atoms with Gasteiger partial charge in [-0.1, -0.05) is 0 Å². The van der Waals surface area contributed by atoms with Crippen molar-refractivity contribution < 1.29 is 14.2 Å². The molecule has 0 spiro atoms. The van der Waals surface area contributed by atoms with E-state index in [2.05, 4.69) is 0 Å². The lowest BCUT2D eigenvalue weighted by atomic mass is 9.86. The lowest BCUT2D eigenvalue weighted by Gasteiger charge is -2.40. The van der Waals surface area contributed by atoms with E-state index in [1.165, 1.54) is 0 Å². The summed E-state index contributed by atoms with van der Waals surface area (Å²) in [7, 11) is 3.32. The van der Waals surface area contributed by atoms with Crippen molar-refractivity contribution in [2.24, 2.45) is 5.73 Å². The minimum absolute atomic E-state index is 0.0712. The molecule has 1 aliphatic rings. The molecule has 0 amide bonds. The van der Waals surface area contributed by atoms with Crippen LogP contribution in [-0.2, 0) is 14.2 Å². The minimum atomic E-state index is 0.0712. The monoisotopic (exact) mass is 175 g/mol. The fourth-order valence-corrected chi connectivity index (χ4v) is 1.39. The minimum Gasteiger partial charge on any atom is -0.382 e. The Morgan fingerprint density at radius 1 is 1.33 bits per heavy atom. The van der Waals surface area contributed by atoms with Gasteiger partial charge in [0, 0.05) is 20.3 Å². The molecule has 4 nitrogen and oxygen atoms in total. The average molecular weight is 175 g/mol. The third kappa shape index (κ3) is 2.17. The zero-order valence-electron chi connectivity index (χ0n) is 7.66. The van der Waals surface area contributed by atoms with Gasteiger partial charge in [0.1, 0.15) is 0 Å². The molecule has 72 valence electrons. The fraction of sp³-hybridized carbons (Fsp3) is 1.00. The highest BCUT2D eigenvalue weighted by Gasteiger charge is 2.39. The number of hydrogen-bond acceptors (Lipinski definition) is 4. The maximum atomic E-state index is 5.69. The molecule has 1 rings (SSSR count). The van der Waals surface area contributed by atoms with Crippen molar-refractivity contribution >= 4 is 0 Å². The van der Waals surface area contributed by atoms with Crippen LogP contribution in [0.2, 0.25) is 0 Å². The number of hydrogen-bond donors (Lipinski definition) is 1. The Morgan fingerprint density at radius 2 is 2.08 bits per heavy atom. The molecule has 0 saturated heterocycles. The summed E-state index contributed by atoms with van der Waals surface area (Å²) in [5, 5.41) is 0. The topological polar surface area (TPSA) is 53.7 Å². The van der Waals surface area contributed by atoms with E-state index in [-0.39, 0.29) is 18.2 Å². The van der Waals surface area contributed by atoms with Gasteiger partial charge in [0.25, 0.3) is 0 Å². The second kappa shape index (κ2) is 4.77. The first-order chi connectivity index (χ1) is 5.79. The van der Waals surface area contributed by atoms with Crippen LogP contribution in [0, 0.1) is 0 Å². The van der Waals surface area contributed by atoms with Crippen LogP contribution in [0.25, 0.3) is 0 Å². The van der Waals surface area contributed by atoms with Crippen molar-refractivity contribution in [3.63, 3.8) is 0 Å². The molecule has 12 heavy (non-hydrogen) atoms. The summed E-state index contributed by atoms with van der Waals surface area (Å²) < 4.78 is 15.5. The first kappa shape index (κ1) is 9.92. The zero-order valence-corrected chi connectivity index (χ0v) is 7.66. The van der Waals surface area contributed by atoms with Crippen LogP contribution in [0.4, 0.5) is 0 Å². The van der Waals surface area contributed by atoms with Crippen molar-refractivity contribution in [1.29, 1.82) is 0 Å². The van der Waals surface area contributed by atoms with Gasteiger partial charge in [0.15, 0.2) is 0 Å². The maximum Gasteiger partial charge on any atom is 0.0984 e. The molecule has 3 atom stereocenters. The molecule has 4 heteroatoms. The Labute approximate surface area is 73.0 Å². The van der Waals surface area contributed by atoms with Crippen molar-refractivity contribution in [2.75, 3.05) is 27.4 Å². The first-order valence-corrected chi connectivity index (χ1v) is 4.18. The van der Waals surface area contributed by atoms with Crippen molar-refractivity contribution in [1.82, 2.24) is 0 Å². The van der Waals surface area contributed by atoms with Gasteiger partial charge in [-0.15, -0.1) is 0 Å². The molecular formula is C8H17NO3. The van der Waals surface area contributed by atoms with Crippen molar-refractivity contribution in [3.05, 3.63) is 0 Å². The molecule has 2 N–H and O–H groups in total. The first-order valence-electron chi connectivity index (χ1n) is 4.18. The standard InChI is InChI=1S/C8H17NO3/c1-10-3-4-12-7-5-6(9)8(7)11-2/h6-8H,3-5,9H2,1-2H3. The second-order valence-electron chi connectivity index (χ2n) is 3.00. The Kier molecular flexibility index (Phi) is 3.94. The average Bonchev–Trinajstić information content (AvgIpc) is 2.04. The van der Waals surface area contributed by atoms with Crippen molar-refractivity contribution in [3.8, 4) is 0 Å². The Morgan fingerprint density at radius 3 is 2.58 bits per heavy atom. The zero-order chi connectivity index (χ0) is 8.97. The molecule has 0 aromatic heterocycles. The Bertz CT molecular complexity index is 131. The molecule has 0 aromatic carbocycles. The van der Waals surface area contributed by atoms with E-state index in [1.54, 1.807) is 14.2 Å². The van der Waals surface area contributed by atoms with E-state index in [1.807, 2.05) is 0 Å². The summed E-state index contributed by atoms with van der Waals surface area (Å²) in [6.45, 7) is 1.25. The quantitative estimate of drug-likeness (QED) is 0.586. The largest absolute Gasteiger partial charge is 0.382 e. The molecule has 0 heterocycles. The van der Waals surface area contributed by atoms with Gasteiger partial charge in [-0.05, 0) is 6.42 Å². The van der Waals surface area contributed by atoms with Crippen LogP contribution >= 0.6 is 0 Å². The summed E-state index contributed by atoms with van der Waals surface area (Å²) in [5.74, 6) is 0. The van der Waals surface area contributed by atoms with Gasteiger partial charge in [0.2, 0.25) is 0 Å². The third-order valence-electron chi connectivity index (χ3n) is 2.18. The van der Waals surface area contributed by atoms with E-state index in [9.17, 15) is 0 Å². The van der Waals surface area contributed by atoms with Crippen LogP contribution in [0.1, 0.15) is 6.42 Å². The summed E-state index contributed by atoms with van der Waals surface area (Å²) >= 11 is 0. The maximum absolute atomic E-state index is 5.69. The summed E-state index contributed by atoms with van der Waals surface area (Å²) in [6.07, 6.45) is 1.13. The summed E-state index contributed by atoms with van der Waals surface area (Å²) in [5.41, 5.74) is 5.69. The third-order valence-corrected chi connectivity index (χ3v) is 2.18. The lowest BCUT2D eigenvalue weighted by Crippen LogP contribution is -2.57. The van der Waals surface area contributed by atoms with Gasteiger partial charge < -0.3 is 19.9 Å². The van der Waals surface area contributed by atoms with Crippen LogP contribution in [0.3, 0.4) is 0 Å². The predicted molar refractivity (Wildman–Crippen MR) is 45.0 cm³/mol. The highest BCUT2D eigenvalue weighted by atomic mass is 16.6. The van der Waals surface area contributed by atoms with Crippen LogP contribution < -0.4 is 5.73 Å². The number of ether oxygens (including phenoxy) is 3. The van der Waals surface area contributed by atoms with Gasteiger partial charge in [-0.2, -0.15) is 0 Å². The van der Waals surface area contributed by atoms with Crippen molar-refractivity contribution in [2.45, 2.75) is 24.7 Å². The summed E-state index contributed by atoms with van der Waals surface area (Å²) in [4.78, 5) is 0. The highest BCUT2D eigenvalue weighted by Crippen LogP contribution is 2.24. The van der Waals surface area contributed by atoms with E-state index in [4.69, 9.17) is 19.9 Å². The highest BCUT2D eigenvalue weighted by molar-refractivity contribution is 4.94. The van der Waals surface area contributed by atoms with Crippen LogP contribution in [0.5, 0.6) is 0 Å². The molecule has 0 aliphatic heterocycles. The summed E-state index contributed by atoms with van der Waals surface area (Å²) in [6, 6.07) is 0.141. The van der Waals surface area contributed by atoms with Gasteiger partial charge in [-0.25, -0.2) is 0 Å². The number of methoxy groups -OCH3 is 2. The van der Waals surface area contributed by atoms with E-state index < -0.39 is 0 Å². The van der Waals surface area contributed by atoms with E-state index >= 15 is 0 Å². The number of rotatable bonds is 5. The predicted octanol–water partition coefficient (Wildman–Crippen LogP) is -0.236. The van der Waals surface area contributed by atoms with Gasteiger partial charge in [0.05, 0.1) is 25.4 Å². The Balaban J connectivity index is 2.09. The van der Waals surface area contributed by atoms with E-state index in [0.717, 1.165) is 6.42 Å². The fourth-order valence-electron chi connectivity index (χ4n) is 1.39. The Hall–Kier alpha value is -0.160. The normalized spacial score (nSPS) is 34.8. The molecule has 0 aromatic rings. The van der Waals surface area contributed by atoms with Gasteiger partial charge in [-0.3, -0.25) is 0 Å². The van der Waals surface area contributed by atoms with Crippen LogP contribution in [0.15, 0.2) is 0 Å². The number of nitrogens with two attached hydrogens (primary N) is 1. The molecule has 1 fully saturated rings. The molecule has 0 bridgehead atoms. The molecule has 3 unspecified atom stereocenters. The molecule has 1 saturated carbocycles. The molecular weight excluding hydrogens is 158 g/mol. The second-order valence-corrected chi connectivity index (χ2v) is 3.00.